The molecule has 0 spiro atoms. The van der Waals surface area contributed by atoms with E-state index in [0.29, 0.717) is 0 Å². The maximum atomic E-state index is 5.11. The van der Waals surface area contributed by atoms with Crippen molar-refractivity contribution in [1.82, 2.24) is 9.97 Å². The van der Waals surface area contributed by atoms with Crippen LogP contribution in [-0.2, 0) is 0 Å². The molecule has 10 aromatic carbocycles. The van der Waals surface area contributed by atoms with E-state index >= 15 is 0 Å². The Balaban J connectivity index is 1.18. The van der Waals surface area contributed by atoms with Gasteiger partial charge in [0.15, 0.2) is 0 Å². The molecule has 0 fully saturated rings. The minimum Gasteiger partial charge on any atom is -0.256 e. The van der Waals surface area contributed by atoms with Crippen molar-refractivity contribution in [3.63, 3.8) is 0 Å². The summed E-state index contributed by atoms with van der Waals surface area (Å²) in [5.41, 5.74) is 14.0. The van der Waals surface area contributed by atoms with Crippen molar-refractivity contribution >= 4 is 64.6 Å². The van der Waals surface area contributed by atoms with Crippen LogP contribution in [0.2, 0.25) is 0 Å². The van der Waals surface area contributed by atoms with Gasteiger partial charge in [-0.1, -0.05) is 146 Å². The van der Waals surface area contributed by atoms with Gasteiger partial charge in [0, 0.05) is 34.6 Å². The molecule has 1 aliphatic rings. The summed E-state index contributed by atoms with van der Waals surface area (Å²) in [6, 6.07) is 71.1. The van der Waals surface area contributed by atoms with Crippen LogP contribution in [0.3, 0.4) is 0 Å². The van der Waals surface area contributed by atoms with Crippen molar-refractivity contribution in [2.75, 3.05) is 0 Å². The van der Waals surface area contributed by atoms with Gasteiger partial charge in [0.05, 0.1) is 11.4 Å². The molecule has 13 rings (SSSR count). The fourth-order valence-electron chi connectivity index (χ4n) is 10.4. The van der Waals surface area contributed by atoms with Gasteiger partial charge in [-0.05, 0) is 147 Å². The average molecular weight is 759 g/mol. The Hall–Kier alpha value is -7.94. The van der Waals surface area contributed by atoms with Crippen molar-refractivity contribution in [3.8, 4) is 67.0 Å². The molecule has 2 heterocycles. The van der Waals surface area contributed by atoms with Crippen LogP contribution in [0.1, 0.15) is 0 Å². The monoisotopic (exact) mass is 758 g/mol. The number of fused-ring (bicyclic) bond motifs is 11. The van der Waals surface area contributed by atoms with Crippen molar-refractivity contribution in [1.29, 1.82) is 0 Å². The molecule has 0 unspecified atom stereocenters. The lowest BCUT2D eigenvalue weighted by Gasteiger charge is -2.21. The predicted molar refractivity (Wildman–Crippen MR) is 253 cm³/mol. The molecule has 0 amide bonds. The fraction of sp³-hybridized carbons (Fsp3) is 0. The van der Waals surface area contributed by atoms with Crippen LogP contribution in [0.15, 0.2) is 207 Å². The normalized spacial score (nSPS) is 12.0. The minimum atomic E-state index is 0.959. The first-order chi connectivity index (χ1) is 29.8. The van der Waals surface area contributed by atoms with Crippen LogP contribution in [0.25, 0.3) is 132 Å². The van der Waals surface area contributed by atoms with Crippen molar-refractivity contribution in [2.45, 2.75) is 0 Å². The summed E-state index contributed by atoms with van der Waals surface area (Å²) in [5.74, 6) is 0. The van der Waals surface area contributed by atoms with Crippen molar-refractivity contribution in [3.05, 3.63) is 207 Å². The van der Waals surface area contributed by atoms with Gasteiger partial charge in [0.25, 0.3) is 0 Å². The van der Waals surface area contributed by atoms with Gasteiger partial charge in [0.1, 0.15) is 0 Å². The summed E-state index contributed by atoms with van der Waals surface area (Å²) in [7, 11) is 0. The fourth-order valence-corrected chi connectivity index (χ4v) is 10.4. The third-order valence-electron chi connectivity index (χ3n) is 12.9. The Morgan fingerprint density at radius 1 is 0.250 bits per heavy atom. The average Bonchev–Trinajstić information content (AvgIpc) is 3.64. The molecule has 2 heteroatoms. The summed E-state index contributed by atoms with van der Waals surface area (Å²) in [6.45, 7) is 0. The predicted octanol–water partition coefficient (Wildman–Crippen LogP) is 15.7. The van der Waals surface area contributed by atoms with E-state index in [1.807, 2.05) is 24.5 Å². The van der Waals surface area contributed by atoms with Crippen LogP contribution in [0.4, 0.5) is 0 Å². The molecular weight excluding hydrogens is 725 g/mol. The highest BCUT2D eigenvalue weighted by Gasteiger charge is 2.32. The second-order valence-electron chi connectivity index (χ2n) is 16.0. The Bertz CT molecular complexity index is 3740. The van der Waals surface area contributed by atoms with E-state index in [4.69, 9.17) is 9.97 Å². The highest BCUT2D eigenvalue weighted by Crippen LogP contribution is 2.58. The number of pyridine rings is 2. The molecule has 2 aromatic heterocycles. The SMILES string of the molecule is c1ccc(-c2cc3c4ccccc4c(-c4ccc5c(-c6ccccn6)c6c(c(-c7ccccn7)c5c4)-c4cc5ccccc5c5cccc-6c45)cc3c3ccccc23)cc1. The van der Waals surface area contributed by atoms with Crippen LogP contribution >= 0.6 is 0 Å². The third kappa shape index (κ3) is 4.70. The molecule has 0 saturated carbocycles. The van der Waals surface area contributed by atoms with Crippen LogP contribution in [0.5, 0.6) is 0 Å². The van der Waals surface area contributed by atoms with Gasteiger partial charge in [-0.15, -0.1) is 0 Å². The molecule has 276 valence electrons. The first-order valence-electron chi connectivity index (χ1n) is 20.6. The topological polar surface area (TPSA) is 25.8 Å². The van der Waals surface area contributed by atoms with Gasteiger partial charge in [-0.25, -0.2) is 0 Å². The smallest absolute Gasteiger partial charge is 0.0714 e. The number of hydrogen-bond acceptors (Lipinski definition) is 2. The highest BCUT2D eigenvalue weighted by molar-refractivity contribution is 6.31. The second kappa shape index (κ2) is 12.8. The van der Waals surface area contributed by atoms with Gasteiger partial charge < -0.3 is 0 Å². The third-order valence-corrected chi connectivity index (χ3v) is 12.9. The Morgan fingerprint density at radius 2 is 0.800 bits per heavy atom. The molecule has 0 atom stereocenters. The Kier molecular flexibility index (Phi) is 7.05. The number of benzene rings is 10. The van der Waals surface area contributed by atoms with E-state index in [1.54, 1.807) is 0 Å². The molecule has 0 bridgehead atoms. The standard InChI is InChI=1S/C58H34N2/c1-2-15-35(16-3-1)46-33-48-42-22-9-7-20-40(42)47(34-49(48)41-21-8-6-19-39(41)46)37-27-28-44-50(31-37)56(53-26-11-13-30-60-53)58-51-32-36-17-4-5-18-38(36)43-23-14-24-45(54(43)51)57(58)55(44)52-25-10-12-29-59-52/h1-34H. The van der Waals surface area contributed by atoms with E-state index in [9.17, 15) is 0 Å². The summed E-state index contributed by atoms with van der Waals surface area (Å²) >= 11 is 0. The maximum Gasteiger partial charge on any atom is 0.0714 e. The van der Waals surface area contributed by atoms with Crippen LogP contribution in [0, 0.1) is 0 Å². The summed E-state index contributed by atoms with van der Waals surface area (Å²) in [5, 5.41) is 14.9. The zero-order valence-electron chi connectivity index (χ0n) is 32.5. The molecule has 0 N–H and O–H groups in total. The number of nitrogens with zero attached hydrogens (tertiary/aromatic N) is 2. The second-order valence-corrected chi connectivity index (χ2v) is 16.0. The molecule has 2 nitrogen and oxygen atoms in total. The molecule has 12 aromatic rings. The largest absolute Gasteiger partial charge is 0.256 e. The van der Waals surface area contributed by atoms with Crippen LogP contribution in [-0.4, -0.2) is 9.97 Å². The van der Waals surface area contributed by atoms with Gasteiger partial charge >= 0.3 is 0 Å². The number of hydrogen-bond donors (Lipinski definition) is 0. The quantitative estimate of drug-likeness (QED) is 0.167. The molecule has 0 aliphatic heterocycles. The first kappa shape index (κ1) is 33.1. The van der Waals surface area contributed by atoms with Crippen LogP contribution < -0.4 is 0 Å². The molecule has 1 aliphatic carbocycles. The Labute approximate surface area is 346 Å². The van der Waals surface area contributed by atoms with Crippen molar-refractivity contribution in [2.24, 2.45) is 0 Å². The van der Waals surface area contributed by atoms with Crippen molar-refractivity contribution < 1.29 is 0 Å². The zero-order valence-corrected chi connectivity index (χ0v) is 32.5. The molecule has 0 saturated heterocycles. The van der Waals surface area contributed by atoms with E-state index in [0.717, 1.165) is 33.3 Å². The van der Waals surface area contributed by atoms with Gasteiger partial charge in [0.2, 0.25) is 0 Å². The zero-order chi connectivity index (χ0) is 39.3. The molecule has 60 heavy (non-hydrogen) atoms. The lowest BCUT2D eigenvalue weighted by Crippen LogP contribution is -1.96. The highest BCUT2D eigenvalue weighted by atomic mass is 14.7. The molecular formula is C58H34N2. The maximum absolute atomic E-state index is 5.11. The number of rotatable bonds is 4. The lowest BCUT2D eigenvalue weighted by molar-refractivity contribution is 1.33. The lowest BCUT2D eigenvalue weighted by atomic mass is 9.83. The van der Waals surface area contributed by atoms with E-state index in [1.165, 1.54) is 98.4 Å². The van der Waals surface area contributed by atoms with Gasteiger partial charge in [-0.3, -0.25) is 9.97 Å². The summed E-state index contributed by atoms with van der Waals surface area (Å²) < 4.78 is 0. The first-order valence-corrected chi connectivity index (χ1v) is 20.6. The van der Waals surface area contributed by atoms with Gasteiger partial charge in [-0.2, -0.15) is 0 Å². The summed E-state index contributed by atoms with van der Waals surface area (Å²) in [4.78, 5) is 10.2. The minimum absolute atomic E-state index is 0.959. The summed E-state index contributed by atoms with van der Waals surface area (Å²) in [6.07, 6.45) is 3.84. The Morgan fingerprint density at radius 3 is 1.47 bits per heavy atom. The van der Waals surface area contributed by atoms with E-state index < -0.39 is 0 Å². The molecule has 0 radical (unpaired) electrons. The number of aromatic nitrogens is 2. The van der Waals surface area contributed by atoms with E-state index in [-0.39, 0.29) is 0 Å². The van der Waals surface area contributed by atoms with E-state index in [2.05, 4.69) is 182 Å².